The van der Waals surface area contributed by atoms with Crippen molar-refractivity contribution in [3.05, 3.63) is 224 Å². The number of ether oxygens (including phenoxy) is 1. The number of anilines is 3. The third-order valence-electron chi connectivity index (χ3n) is 10.7. The first kappa shape index (κ1) is 33.2. The Hall–Kier alpha value is -7.42. The molecule has 0 saturated heterocycles. The summed E-state index contributed by atoms with van der Waals surface area (Å²) in [7, 11) is 0. The van der Waals surface area contributed by atoms with Gasteiger partial charge >= 0.3 is 0 Å². The maximum absolute atomic E-state index is 6.98. The van der Waals surface area contributed by atoms with Crippen molar-refractivity contribution in [1.29, 1.82) is 0 Å². The minimum atomic E-state index is 0.819. The third-order valence-corrected chi connectivity index (χ3v) is 10.7. The molecule has 2 nitrogen and oxygen atoms in total. The van der Waals surface area contributed by atoms with E-state index in [0.717, 1.165) is 61.9 Å². The first-order valence-corrected chi connectivity index (χ1v) is 19.1. The van der Waals surface area contributed by atoms with Crippen molar-refractivity contribution >= 4 is 17.1 Å². The normalized spacial score (nSPS) is 11.4. The first-order chi connectivity index (χ1) is 27.8. The van der Waals surface area contributed by atoms with E-state index in [-0.39, 0.29) is 0 Å². The van der Waals surface area contributed by atoms with Crippen molar-refractivity contribution in [2.75, 3.05) is 4.90 Å². The molecule has 0 bridgehead atoms. The van der Waals surface area contributed by atoms with E-state index in [1.54, 1.807) is 0 Å². The first-order valence-electron chi connectivity index (χ1n) is 19.1. The molecule has 264 valence electrons. The quantitative estimate of drug-likeness (QED) is 0.163. The Labute approximate surface area is 328 Å². The highest BCUT2D eigenvalue weighted by Gasteiger charge is 2.25. The van der Waals surface area contributed by atoms with Crippen molar-refractivity contribution in [2.45, 2.75) is 0 Å². The van der Waals surface area contributed by atoms with Gasteiger partial charge in [0.1, 0.15) is 11.5 Å². The molecule has 0 unspecified atom stereocenters. The molecule has 9 aromatic carbocycles. The number of hydrogen-bond donors (Lipinski definition) is 0. The van der Waals surface area contributed by atoms with E-state index >= 15 is 0 Å². The Balaban J connectivity index is 1.07. The van der Waals surface area contributed by atoms with E-state index in [1.165, 1.54) is 33.4 Å². The Kier molecular flexibility index (Phi) is 8.55. The monoisotopic (exact) mass is 715 g/mol. The summed E-state index contributed by atoms with van der Waals surface area (Å²) in [6.07, 6.45) is 0. The zero-order chi connectivity index (χ0) is 37.3. The van der Waals surface area contributed by atoms with Crippen LogP contribution in [-0.4, -0.2) is 0 Å². The SMILES string of the molecule is c1ccc(-c2ccc(-c3ccc(N(c4ccc(-c5ccccc5)cc4)c4ccc5c(c4)Oc4cccc(-c6ccccc6)c4-c4ccccc4-5)cc3)cc2)cc1. The molecule has 2 heteroatoms. The van der Waals surface area contributed by atoms with Gasteiger partial charge in [0.2, 0.25) is 0 Å². The topological polar surface area (TPSA) is 12.5 Å². The van der Waals surface area contributed by atoms with Crippen LogP contribution >= 0.6 is 0 Å². The predicted molar refractivity (Wildman–Crippen MR) is 234 cm³/mol. The largest absolute Gasteiger partial charge is 0.456 e. The Morgan fingerprint density at radius 1 is 0.250 bits per heavy atom. The van der Waals surface area contributed by atoms with Crippen molar-refractivity contribution < 1.29 is 4.74 Å². The van der Waals surface area contributed by atoms with Gasteiger partial charge in [-0.25, -0.2) is 0 Å². The maximum atomic E-state index is 6.98. The van der Waals surface area contributed by atoms with E-state index in [1.807, 2.05) is 0 Å². The summed E-state index contributed by atoms with van der Waals surface area (Å²) < 4.78 is 6.98. The second kappa shape index (κ2) is 14.4. The molecule has 9 aromatic rings. The highest BCUT2D eigenvalue weighted by molar-refractivity contribution is 5.98. The molecule has 0 fully saturated rings. The van der Waals surface area contributed by atoms with Crippen LogP contribution < -0.4 is 9.64 Å². The van der Waals surface area contributed by atoms with Gasteiger partial charge in [0, 0.05) is 34.3 Å². The lowest BCUT2D eigenvalue weighted by Gasteiger charge is -2.27. The Bertz CT molecular complexity index is 2780. The van der Waals surface area contributed by atoms with Gasteiger partial charge in [-0.1, -0.05) is 176 Å². The summed E-state index contributed by atoms with van der Waals surface area (Å²) in [5.74, 6) is 1.66. The Morgan fingerprint density at radius 2 is 0.661 bits per heavy atom. The second-order valence-corrected chi connectivity index (χ2v) is 14.1. The molecule has 1 heterocycles. The van der Waals surface area contributed by atoms with Crippen LogP contribution in [0.3, 0.4) is 0 Å². The average molecular weight is 716 g/mol. The minimum absolute atomic E-state index is 0.819. The van der Waals surface area contributed by atoms with Crippen molar-refractivity contribution in [2.24, 2.45) is 0 Å². The van der Waals surface area contributed by atoms with Gasteiger partial charge in [-0.15, -0.1) is 0 Å². The number of rotatable bonds is 7. The molecule has 0 radical (unpaired) electrons. The Morgan fingerprint density at radius 3 is 1.20 bits per heavy atom. The van der Waals surface area contributed by atoms with Crippen LogP contribution in [0, 0.1) is 0 Å². The van der Waals surface area contributed by atoms with Crippen molar-refractivity contribution in [3.8, 4) is 78.3 Å². The molecule has 0 atom stereocenters. The number of benzene rings is 9. The zero-order valence-corrected chi connectivity index (χ0v) is 30.7. The minimum Gasteiger partial charge on any atom is -0.456 e. The molecule has 0 spiro atoms. The molecular weight excluding hydrogens is 679 g/mol. The maximum Gasteiger partial charge on any atom is 0.137 e. The van der Waals surface area contributed by atoms with Crippen LogP contribution in [0.25, 0.3) is 66.8 Å². The molecule has 0 aromatic heterocycles. The van der Waals surface area contributed by atoms with Gasteiger partial charge in [0.05, 0.1) is 0 Å². The van der Waals surface area contributed by atoms with Crippen molar-refractivity contribution in [3.63, 3.8) is 0 Å². The van der Waals surface area contributed by atoms with Gasteiger partial charge in [-0.05, 0) is 98.1 Å². The summed E-state index contributed by atoms with van der Waals surface area (Å²) in [5.41, 5.74) is 17.1. The van der Waals surface area contributed by atoms with E-state index in [2.05, 4.69) is 229 Å². The molecule has 1 aliphatic heterocycles. The highest BCUT2D eigenvalue weighted by atomic mass is 16.5. The molecule has 1 aliphatic rings. The van der Waals surface area contributed by atoms with E-state index in [9.17, 15) is 0 Å². The molecule has 0 saturated carbocycles. The number of fused-ring (bicyclic) bond motifs is 5. The van der Waals surface area contributed by atoms with Crippen LogP contribution in [0.1, 0.15) is 0 Å². The summed E-state index contributed by atoms with van der Waals surface area (Å²) in [4.78, 5) is 2.32. The molecule has 56 heavy (non-hydrogen) atoms. The van der Waals surface area contributed by atoms with Gasteiger partial charge in [0.15, 0.2) is 0 Å². The van der Waals surface area contributed by atoms with Gasteiger partial charge in [-0.3, -0.25) is 0 Å². The van der Waals surface area contributed by atoms with E-state index < -0.39 is 0 Å². The van der Waals surface area contributed by atoms with Crippen LogP contribution in [-0.2, 0) is 0 Å². The van der Waals surface area contributed by atoms with Crippen LogP contribution in [0.4, 0.5) is 17.1 Å². The lowest BCUT2D eigenvalue weighted by atomic mass is 9.89. The number of nitrogens with zero attached hydrogens (tertiary/aromatic N) is 1. The fraction of sp³-hybridized carbons (Fsp3) is 0. The van der Waals surface area contributed by atoms with Crippen LogP contribution in [0.15, 0.2) is 224 Å². The average Bonchev–Trinajstić information content (AvgIpc) is 3.42. The van der Waals surface area contributed by atoms with E-state index in [0.29, 0.717) is 0 Å². The fourth-order valence-corrected chi connectivity index (χ4v) is 7.93. The van der Waals surface area contributed by atoms with E-state index in [4.69, 9.17) is 4.74 Å². The second-order valence-electron chi connectivity index (χ2n) is 14.1. The highest BCUT2D eigenvalue weighted by Crippen LogP contribution is 2.51. The molecule has 0 aliphatic carbocycles. The summed E-state index contributed by atoms with van der Waals surface area (Å²) in [6, 6.07) is 79.8. The molecule has 0 N–H and O–H groups in total. The lowest BCUT2D eigenvalue weighted by molar-refractivity contribution is 0.488. The summed E-state index contributed by atoms with van der Waals surface area (Å²) in [5, 5.41) is 0. The van der Waals surface area contributed by atoms with Gasteiger partial charge in [0.25, 0.3) is 0 Å². The predicted octanol–water partition coefficient (Wildman–Crippen LogP) is 15.3. The molecular formula is C54H37NO. The standard InChI is InChI=1S/C54H37NO/c1-4-13-38(14-5-1)40-23-25-41(26-24-40)43-29-33-46(34-30-43)55(45-31-27-42(28-32-45)39-15-6-2-7-16-39)47-35-36-50-49-19-10-11-20-51(49)54-48(44-17-8-3-9-18-44)21-12-22-52(54)56-53(50)37-47/h1-37H. The van der Waals surface area contributed by atoms with Crippen molar-refractivity contribution in [1.82, 2.24) is 0 Å². The fourth-order valence-electron chi connectivity index (χ4n) is 7.93. The van der Waals surface area contributed by atoms with Gasteiger partial charge in [-0.2, -0.15) is 0 Å². The summed E-state index contributed by atoms with van der Waals surface area (Å²) >= 11 is 0. The van der Waals surface area contributed by atoms with Gasteiger partial charge < -0.3 is 9.64 Å². The van der Waals surface area contributed by atoms with Crippen LogP contribution in [0.2, 0.25) is 0 Å². The lowest BCUT2D eigenvalue weighted by Crippen LogP contribution is -2.10. The zero-order valence-electron chi connectivity index (χ0n) is 30.7. The third kappa shape index (κ3) is 6.24. The molecule has 10 rings (SSSR count). The summed E-state index contributed by atoms with van der Waals surface area (Å²) in [6.45, 7) is 0. The smallest absolute Gasteiger partial charge is 0.137 e. The van der Waals surface area contributed by atoms with Crippen LogP contribution in [0.5, 0.6) is 11.5 Å². The molecule has 0 amide bonds. The number of hydrogen-bond acceptors (Lipinski definition) is 2.